The summed E-state index contributed by atoms with van der Waals surface area (Å²) in [6, 6.07) is 2.05. The van der Waals surface area contributed by atoms with Crippen molar-refractivity contribution in [2.75, 3.05) is 0 Å². The lowest BCUT2D eigenvalue weighted by atomic mass is 9.89. The van der Waals surface area contributed by atoms with E-state index in [1.807, 2.05) is 6.20 Å². The molecule has 4 rings (SSSR count). The molecule has 1 N–H and O–H groups in total. The van der Waals surface area contributed by atoms with Crippen LogP contribution in [-0.2, 0) is 6.54 Å². The van der Waals surface area contributed by atoms with Gasteiger partial charge in [-0.2, -0.15) is 0 Å². The van der Waals surface area contributed by atoms with Crippen molar-refractivity contribution in [1.29, 1.82) is 0 Å². The quantitative estimate of drug-likeness (QED) is 0.829. The fraction of sp³-hybridized carbons (Fsp3) is 0.571. The van der Waals surface area contributed by atoms with Crippen LogP contribution in [0.15, 0.2) is 16.7 Å². The Hall–Kier alpha value is -0.680. The Bertz CT molecular complexity index is 690. The normalized spacial score (nSPS) is 29.4. The third-order valence-corrected chi connectivity index (χ3v) is 5.63. The van der Waals surface area contributed by atoms with Crippen LogP contribution in [0.25, 0.3) is 11.2 Å². The molecule has 100 valence electrons. The molecule has 2 aliphatic carbocycles. The second-order valence-corrected chi connectivity index (χ2v) is 7.30. The van der Waals surface area contributed by atoms with Crippen LogP contribution in [0.5, 0.6) is 0 Å². The Morgan fingerprint density at radius 2 is 2.32 bits per heavy atom. The molecule has 2 heterocycles. The van der Waals surface area contributed by atoms with Crippen molar-refractivity contribution in [3.05, 3.63) is 21.5 Å². The molecule has 2 bridgehead atoms. The predicted molar refractivity (Wildman–Crippen MR) is 81.6 cm³/mol. The highest BCUT2D eigenvalue weighted by molar-refractivity contribution is 9.10. The molecule has 2 aromatic rings. The smallest absolute Gasteiger partial charge is 0.179 e. The summed E-state index contributed by atoms with van der Waals surface area (Å²) < 4.78 is 3.99. The summed E-state index contributed by atoms with van der Waals surface area (Å²) in [5.41, 5.74) is 2.03. The molecular weight excluding hydrogens is 322 g/mol. The van der Waals surface area contributed by atoms with Gasteiger partial charge in [0.2, 0.25) is 0 Å². The number of halogens is 1. The van der Waals surface area contributed by atoms with Gasteiger partial charge < -0.3 is 9.55 Å². The molecule has 2 aromatic heterocycles. The van der Waals surface area contributed by atoms with E-state index in [2.05, 4.69) is 36.5 Å². The van der Waals surface area contributed by atoms with E-state index in [9.17, 15) is 0 Å². The summed E-state index contributed by atoms with van der Waals surface area (Å²) in [4.78, 5) is 7.80. The molecule has 0 amide bonds. The largest absolute Gasteiger partial charge is 0.329 e. The molecule has 0 saturated heterocycles. The van der Waals surface area contributed by atoms with Gasteiger partial charge in [-0.1, -0.05) is 6.42 Å². The second-order valence-electron chi connectivity index (χ2n) is 6.00. The van der Waals surface area contributed by atoms with Gasteiger partial charge in [0.1, 0.15) is 0 Å². The number of H-pyrrole nitrogens is 1. The standard InChI is InChI=1S/C14H16BrN3S/c15-11-5-12-13(16-6-11)18(14(19)17-12)7-10-4-8-1-2-9(10)3-8/h5-6,8-10H,1-4,7H2,(H,17,19). The van der Waals surface area contributed by atoms with E-state index in [1.54, 1.807) is 0 Å². The summed E-state index contributed by atoms with van der Waals surface area (Å²) in [5.74, 6) is 2.71. The van der Waals surface area contributed by atoms with Gasteiger partial charge in [-0.25, -0.2) is 4.98 Å². The summed E-state index contributed by atoms with van der Waals surface area (Å²) in [7, 11) is 0. The van der Waals surface area contributed by atoms with Gasteiger partial charge in [-0.05, 0) is 71.2 Å². The Kier molecular flexibility index (Phi) is 2.81. The maximum Gasteiger partial charge on any atom is 0.179 e. The minimum absolute atomic E-state index is 0.801. The van der Waals surface area contributed by atoms with Crippen molar-refractivity contribution < 1.29 is 0 Å². The highest BCUT2D eigenvalue weighted by Crippen LogP contribution is 2.49. The number of nitrogens with zero attached hydrogens (tertiary/aromatic N) is 2. The maximum atomic E-state index is 5.47. The third-order valence-electron chi connectivity index (χ3n) is 4.88. The summed E-state index contributed by atoms with van der Waals surface area (Å²) >= 11 is 8.92. The van der Waals surface area contributed by atoms with Crippen molar-refractivity contribution in [2.45, 2.75) is 32.2 Å². The number of nitrogens with one attached hydrogen (secondary N) is 1. The molecule has 0 aliphatic heterocycles. The number of aromatic amines is 1. The average Bonchev–Trinajstić information content (AvgIpc) is 3.05. The molecule has 19 heavy (non-hydrogen) atoms. The Morgan fingerprint density at radius 3 is 3.05 bits per heavy atom. The zero-order chi connectivity index (χ0) is 13.0. The van der Waals surface area contributed by atoms with Crippen LogP contribution in [0.1, 0.15) is 25.7 Å². The number of fused-ring (bicyclic) bond motifs is 3. The molecule has 5 heteroatoms. The maximum absolute atomic E-state index is 5.47. The molecule has 2 aliphatic rings. The lowest BCUT2D eigenvalue weighted by molar-refractivity contribution is 0.297. The van der Waals surface area contributed by atoms with E-state index in [4.69, 9.17) is 12.2 Å². The number of imidazole rings is 1. The van der Waals surface area contributed by atoms with E-state index in [0.717, 1.165) is 44.7 Å². The molecule has 3 unspecified atom stereocenters. The number of aromatic nitrogens is 3. The summed E-state index contributed by atoms with van der Waals surface area (Å²) in [6.07, 6.45) is 7.55. The zero-order valence-corrected chi connectivity index (χ0v) is 13.0. The van der Waals surface area contributed by atoms with Crippen LogP contribution < -0.4 is 0 Å². The Morgan fingerprint density at radius 1 is 1.42 bits per heavy atom. The van der Waals surface area contributed by atoms with E-state index in [0.29, 0.717) is 0 Å². The topological polar surface area (TPSA) is 33.6 Å². The lowest BCUT2D eigenvalue weighted by Crippen LogP contribution is -2.17. The van der Waals surface area contributed by atoms with Crippen molar-refractivity contribution in [1.82, 2.24) is 14.5 Å². The molecule has 0 spiro atoms. The van der Waals surface area contributed by atoms with Gasteiger partial charge in [0.25, 0.3) is 0 Å². The van der Waals surface area contributed by atoms with Gasteiger partial charge >= 0.3 is 0 Å². The minimum atomic E-state index is 0.801. The lowest BCUT2D eigenvalue weighted by Gasteiger charge is -2.22. The molecule has 2 saturated carbocycles. The summed E-state index contributed by atoms with van der Waals surface area (Å²) in [6.45, 7) is 1.04. The van der Waals surface area contributed by atoms with Crippen LogP contribution >= 0.6 is 28.1 Å². The molecule has 3 atom stereocenters. The highest BCUT2D eigenvalue weighted by atomic mass is 79.9. The van der Waals surface area contributed by atoms with E-state index in [1.165, 1.54) is 25.7 Å². The number of pyridine rings is 1. The number of rotatable bonds is 2. The first-order valence-corrected chi connectivity index (χ1v) is 8.15. The first kappa shape index (κ1) is 12.1. The monoisotopic (exact) mass is 337 g/mol. The third kappa shape index (κ3) is 1.98. The Balaban J connectivity index is 1.71. The van der Waals surface area contributed by atoms with E-state index >= 15 is 0 Å². The fourth-order valence-corrected chi connectivity index (χ4v) is 4.62. The second kappa shape index (κ2) is 4.42. The van der Waals surface area contributed by atoms with Crippen molar-refractivity contribution in [3.8, 4) is 0 Å². The molecular formula is C14H16BrN3S. The van der Waals surface area contributed by atoms with Crippen LogP contribution in [0.4, 0.5) is 0 Å². The van der Waals surface area contributed by atoms with Crippen LogP contribution in [0.2, 0.25) is 0 Å². The van der Waals surface area contributed by atoms with Crippen LogP contribution in [-0.4, -0.2) is 14.5 Å². The highest BCUT2D eigenvalue weighted by Gasteiger charge is 2.39. The minimum Gasteiger partial charge on any atom is -0.329 e. The van der Waals surface area contributed by atoms with E-state index in [-0.39, 0.29) is 0 Å². The van der Waals surface area contributed by atoms with Gasteiger partial charge in [-0.15, -0.1) is 0 Å². The Labute approximate surface area is 125 Å². The number of hydrogen-bond acceptors (Lipinski definition) is 2. The van der Waals surface area contributed by atoms with Crippen LogP contribution in [0.3, 0.4) is 0 Å². The molecule has 3 nitrogen and oxygen atoms in total. The molecule has 0 radical (unpaired) electrons. The fourth-order valence-electron chi connectivity index (χ4n) is 4.02. The predicted octanol–water partition coefficient (Wildman–Crippen LogP) is 4.29. The van der Waals surface area contributed by atoms with E-state index < -0.39 is 0 Å². The van der Waals surface area contributed by atoms with Crippen molar-refractivity contribution >= 4 is 39.3 Å². The van der Waals surface area contributed by atoms with Gasteiger partial charge in [0.15, 0.2) is 10.4 Å². The molecule has 2 fully saturated rings. The summed E-state index contributed by atoms with van der Waals surface area (Å²) in [5, 5.41) is 0. The first-order valence-electron chi connectivity index (χ1n) is 6.95. The SMILES string of the molecule is S=c1[nH]c2cc(Br)cnc2n1CC1CC2CCC1C2. The van der Waals surface area contributed by atoms with Crippen molar-refractivity contribution in [2.24, 2.45) is 17.8 Å². The number of hydrogen-bond donors (Lipinski definition) is 1. The average molecular weight is 338 g/mol. The van der Waals surface area contributed by atoms with Gasteiger partial charge in [-0.3, -0.25) is 0 Å². The van der Waals surface area contributed by atoms with Crippen LogP contribution in [0, 0.1) is 22.5 Å². The zero-order valence-electron chi connectivity index (χ0n) is 10.6. The molecule has 0 aromatic carbocycles. The van der Waals surface area contributed by atoms with Gasteiger partial charge in [0, 0.05) is 17.2 Å². The van der Waals surface area contributed by atoms with Crippen molar-refractivity contribution in [3.63, 3.8) is 0 Å². The first-order chi connectivity index (χ1) is 9.20. The van der Waals surface area contributed by atoms with Gasteiger partial charge in [0.05, 0.1) is 5.52 Å².